The number of ether oxygens (including phenoxy) is 1. The van der Waals surface area contributed by atoms with Crippen molar-refractivity contribution in [1.82, 2.24) is 15.5 Å². The van der Waals surface area contributed by atoms with Crippen LogP contribution in [0.2, 0.25) is 0 Å². The summed E-state index contributed by atoms with van der Waals surface area (Å²) in [6, 6.07) is 5.20. The molecule has 2 unspecified atom stereocenters. The van der Waals surface area contributed by atoms with Gasteiger partial charge in [0.15, 0.2) is 0 Å². The Morgan fingerprint density at radius 3 is 1.98 bits per heavy atom. The van der Waals surface area contributed by atoms with Gasteiger partial charge in [-0.25, -0.2) is 0 Å². The summed E-state index contributed by atoms with van der Waals surface area (Å²) in [5.74, 6) is -2.31. The van der Waals surface area contributed by atoms with E-state index < -0.39 is 23.9 Å². The van der Waals surface area contributed by atoms with Crippen LogP contribution in [0.25, 0.3) is 0 Å². The van der Waals surface area contributed by atoms with E-state index in [1.54, 1.807) is 45.0 Å². The van der Waals surface area contributed by atoms with Crippen LogP contribution in [0.3, 0.4) is 0 Å². The molecule has 5 amide bonds. The van der Waals surface area contributed by atoms with Crippen molar-refractivity contribution in [3.63, 3.8) is 0 Å². The lowest BCUT2D eigenvalue weighted by atomic mass is 9.99. The van der Waals surface area contributed by atoms with Gasteiger partial charge in [0, 0.05) is 30.8 Å². The predicted octanol–water partition coefficient (Wildman–Crippen LogP) is 3.09. The van der Waals surface area contributed by atoms with E-state index in [2.05, 4.69) is 16.0 Å². The summed E-state index contributed by atoms with van der Waals surface area (Å²) >= 11 is 0. The van der Waals surface area contributed by atoms with Gasteiger partial charge in [0.1, 0.15) is 18.7 Å². The zero-order valence-corrected chi connectivity index (χ0v) is 25.4. The number of benzene rings is 1. The van der Waals surface area contributed by atoms with Gasteiger partial charge >= 0.3 is 5.97 Å². The Labute approximate surface area is 247 Å². The molecule has 42 heavy (non-hydrogen) atoms. The molecular formula is C31H44N4O7. The van der Waals surface area contributed by atoms with E-state index in [1.807, 2.05) is 20.8 Å². The van der Waals surface area contributed by atoms with E-state index in [9.17, 15) is 28.8 Å². The number of nitrogens with zero attached hydrogens (tertiary/aromatic N) is 1. The fourth-order valence-electron chi connectivity index (χ4n) is 4.03. The summed E-state index contributed by atoms with van der Waals surface area (Å²) in [5.41, 5.74) is 1.30. The molecule has 1 heterocycles. The van der Waals surface area contributed by atoms with Crippen molar-refractivity contribution in [2.24, 2.45) is 17.8 Å². The highest BCUT2D eigenvalue weighted by Crippen LogP contribution is 2.15. The Morgan fingerprint density at radius 2 is 1.40 bits per heavy atom. The van der Waals surface area contributed by atoms with Crippen LogP contribution in [0.4, 0.5) is 5.69 Å². The number of anilines is 1. The highest BCUT2D eigenvalue weighted by Gasteiger charge is 2.27. The first kappa shape index (κ1) is 34.2. The number of rotatable bonds is 16. The van der Waals surface area contributed by atoms with Crippen LogP contribution in [0.1, 0.15) is 72.8 Å². The average molecular weight is 585 g/mol. The lowest BCUT2D eigenvalue weighted by molar-refractivity contribution is -0.150. The highest BCUT2D eigenvalue weighted by molar-refractivity contribution is 6.12. The molecule has 1 aromatic carbocycles. The molecule has 0 aliphatic carbocycles. The zero-order valence-electron chi connectivity index (χ0n) is 25.4. The van der Waals surface area contributed by atoms with Crippen molar-refractivity contribution >= 4 is 41.2 Å². The number of unbranched alkanes of at least 4 members (excludes halogenated alkanes) is 2. The molecule has 0 aromatic heterocycles. The van der Waals surface area contributed by atoms with Crippen molar-refractivity contribution in [1.29, 1.82) is 0 Å². The lowest BCUT2D eigenvalue weighted by Gasteiger charge is -2.24. The van der Waals surface area contributed by atoms with E-state index in [-0.39, 0.29) is 54.5 Å². The molecule has 11 heteroatoms. The Kier molecular flexibility index (Phi) is 13.4. The third kappa shape index (κ3) is 10.8. The topological polar surface area (TPSA) is 151 Å². The summed E-state index contributed by atoms with van der Waals surface area (Å²) in [4.78, 5) is 74.5. The molecule has 2 rings (SSSR count). The van der Waals surface area contributed by atoms with Gasteiger partial charge in [-0.2, -0.15) is 0 Å². The molecule has 1 aliphatic rings. The summed E-state index contributed by atoms with van der Waals surface area (Å²) in [6.45, 7) is 11.4. The number of nitrogens with one attached hydrogen (secondary N) is 3. The normalized spacial score (nSPS) is 15.0. The molecular weight excluding hydrogens is 540 g/mol. The second-order valence-electron chi connectivity index (χ2n) is 11.3. The van der Waals surface area contributed by atoms with Gasteiger partial charge in [0.2, 0.25) is 17.7 Å². The molecule has 0 saturated heterocycles. The molecule has 0 radical (unpaired) electrons. The number of imide groups is 1. The molecule has 1 aliphatic heterocycles. The van der Waals surface area contributed by atoms with Gasteiger partial charge in [-0.1, -0.05) is 53.2 Å². The summed E-state index contributed by atoms with van der Waals surface area (Å²) in [7, 11) is 0. The molecule has 0 bridgehead atoms. The minimum atomic E-state index is -0.862. The molecule has 0 spiro atoms. The van der Waals surface area contributed by atoms with Gasteiger partial charge in [0.25, 0.3) is 11.8 Å². The molecule has 11 nitrogen and oxygen atoms in total. The average Bonchev–Trinajstić information content (AvgIpc) is 3.26. The SMILES string of the molecule is CC(C)C(C)C(=O)OCc1ccc(NC(=O)[C@H](C)NC(=O)C(NC(=O)CCCCCN2C(=O)C=CC2=O)C(C)C)cc1. The van der Waals surface area contributed by atoms with Gasteiger partial charge in [0.05, 0.1) is 5.92 Å². The zero-order chi connectivity index (χ0) is 31.4. The Morgan fingerprint density at radius 1 is 0.786 bits per heavy atom. The van der Waals surface area contributed by atoms with Gasteiger partial charge in [-0.05, 0) is 49.3 Å². The number of amides is 5. The monoisotopic (exact) mass is 584 g/mol. The third-order valence-electron chi connectivity index (χ3n) is 7.18. The summed E-state index contributed by atoms with van der Waals surface area (Å²) < 4.78 is 5.35. The largest absolute Gasteiger partial charge is 0.461 e. The van der Waals surface area contributed by atoms with Crippen LogP contribution < -0.4 is 16.0 Å². The van der Waals surface area contributed by atoms with Crippen molar-refractivity contribution < 1.29 is 33.5 Å². The van der Waals surface area contributed by atoms with Crippen molar-refractivity contribution in [2.75, 3.05) is 11.9 Å². The molecule has 3 atom stereocenters. The number of hydrogen-bond donors (Lipinski definition) is 3. The first-order valence-electron chi connectivity index (χ1n) is 14.5. The molecule has 1 aromatic rings. The molecule has 3 N–H and O–H groups in total. The van der Waals surface area contributed by atoms with Crippen LogP contribution in [0.5, 0.6) is 0 Å². The summed E-state index contributed by atoms with van der Waals surface area (Å²) in [5, 5.41) is 8.16. The van der Waals surface area contributed by atoms with Crippen LogP contribution in [0, 0.1) is 17.8 Å². The Balaban J connectivity index is 1.76. The number of carbonyl (C=O) groups is 6. The van der Waals surface area contributed by atoms with E-state index >= 15 is 0 Å². The first-order chi connectivity index (χ1) is 19.8. The maximum absolute atomic E-state index is 12.9. The van der Waals surface area contributed by atoms with Crippen LogP contribution in [-0.2, 0) is 40.1 Å². The van der Waals surface area contributed by atoms with E-state index in [4.69, 9.17) is 4.74 Å². The van der Waals surface area contributed by atoms with Crippen LogP contribution in [-0.4, -0.2) is 59.0 Å². The predicted molar refractivity (Wildman–Crippen MR) is 158 cm³/mol. The van der Waals surface area contributed by atoms with E-state index in [0.717, 1.165) is 5.56 Å². The fourth-order valence-corrected chi connectivity index (χ4v) is 4.03. The molecule has 0 fully saturated rings. The van der Waals surface area contributed by atoms with Crippen molar-refractivity contribution in [3.05, 3.63) is 42.0 Å². The number of hydrogen-bond acceptors (Lipinski definition) is 7. The lowest BCUT2D eigenvalue weighted by Crippen LogP contribution is -2.53. The number of carbonyl (C=O) groups excluding carboxylic acids is 6. The maximum Gasteiger partial charge on any atom is 0.309 e. The quantitative estimate of drug-likeness (QED) is 0.153. The van der Waals surface area contributed by atoms with Gasteiger partial charge < -0.3 is 20.7 Å². The Hall–Kier alpha value is -4.02. The minimum absolute atomic E-state index is 0.136. The standard InChI is InChI=1S/C31H44N4O7/c1-19(2)21(5)31(41)42-18-23-11-13-24(14-12-23)33-29(39)22(6)32-30(40)28(20(3)4)34-25(36)10-8-7-9-17-35-26(37)15-16-27(35)38/h11-16,19-22,28H,7-10,17-18H2,1-6H3,(H,32,40)(H,33,39)(H,34,36)/t21?,22-,28?/m0/s1. The molecule has 230 valence electrons. The van der Waals surface area contributed by atoms with E-state index in [1.165, 1.54) is 17.1 Å². The van der Waals surface area contributed by atoms with Crippen LogP contribution in [0.15, 0.2) is 36.4 Å². The van der Waals surface area contributed by atoms with Gasteiger partial charge in [-0.15, -0.1) is 0 Å². The maximum atomic E-state index is 12.9. The number of esters is 1. The third-order valence-corrected chi connectivity index (χ3v) is 7.18. The summed E-state index contributed by atoms with van der Waals surface area (Å²) in [6.07, 6.45) is 4.44. The second kappa shape index (κ2) is 16.4. The van der Waals surface area contributed by atoms with Crippen LogP contribution >= 0.6 is 0 Å². The highest BCUT2D eigenvalue weighted by atomic mass is 16.5. The van der Waals surface area contributed by atoms with E-state index in [0.29, 0.717) is 31.5 Å². The Bertz CT molecular complexity index is 1140. The second-order valence-corrected chi connectivity index (χ2v) is 11.3. The minimum Gasteiger partial charge on any atom is -0.461 e. The first-order valence-corrected chi connectivity index (χ1v) is 14.5. The molecule has 0 saturated carbocycles. The van der Waals surface area contributed by atoms with Crippen molar-refractivity contribution in [2.45, 2.75) is 85.9 Å². The smallest absolute Gasteiger partial charge is 0.309 e. The fraction of sp³-hybridized carbons (Fsp3) is 0.548. The van der Waals surface area contributed by atoms with Crippen molar-refractivity contribution in [3.8, 4) is 0 Å². The van der Waals surface area contributed by atoms with Gasteiger partial charge in [-0.3, -0.25) is 33.7 Å².